The number of rotatable bonds is 6. The Morgan fingerprint density at radius 2 is 1.83 bits per heavy atom. The smallest absolute Gasteiger partial charge is 0.279 e. The van der Waals surface area contributed by atoms with Crippen LogP contribution in [0.5, 0.6) is 0 Å². The minimum Gasteiger partial charge on any atom is -0.295 e. The molecule has 0 spiro atoms. The van der Waals surface area contributed by atoms with Gasteiger partial charge in [0.15, 0.2) is 0 Å². The SMILES string of the molecule is CC1CCCN(S(=O)(=O)NCC(c2ccccc2)N2CCCC2)C1. The van der Waals surface area contributed by atoms with Gasteiger partial charge in [-0.1, -0.05) is 37.3 Å². The third-order valence-electron chi connectivity index (χ3n) is 5.18. The lowest BCUT2D eigenvalue weighted by Crippen LogP contribution is -2.47. The summed E-state index contributed by atoms with van der Waals surface area (Å²) in [5, 5.41) is 0. The van der Waals surface area contributed by atoms with Crippen LogP contribution in [0.15, 0.2) is 30.3 Å². The Morgan fingerprint density at radius 3 is 2.50 bits per heavy atom. The molecule has 0 amide bonds. The van der Waals surface area contributed by atoms with Gasteiger partial charge < -0.3 is 0 Å². The molecule has 2 fully saturated rings. The molecule has 2 atom stereocenters. The van der Waals surface area contributed by atoms with Crippen molar-refractivity contribution < 1.29 is 8.42 Å². The Kier molecular flexibility index (Phi) is 5.92. The lowest BCUT2D eigenvalue weighted by Gasteiger charge is -2.32. The molecule has 2 unspecified atom stereocenters. The Balaban J connectivity index is 1.68. The molecule has 2 aliphatic heterocycles. The van der Waals surface area contributed by atoms with E-state index in [2.05, 4.69) is 28.7 Å². The highest BCUT2D eigenvalue weighted by Gasteiger charge is 2.29. The molecule has 0 saturated carbocycles. The van der Waals surface area contributed by atoms with Gasteiger partial charge in [-0.3, -0.25) is 4.90 Å². The van der Waals surface area contributed by atoms with E-state index in [1.54, 1.807) is 4.31 Å². The quantitative estimate of drug-likeness (QED) is 0.856. The number of hydrogen-bond acceptors (Lipinski definition) is 3. The third-order valence-corrected chi connectivity index (χ3v) is 6.73. The normalized spacial score (nSPS) is 25.0. The molecule has 2 aliphatic rings. The first-order valence-corrected chi connectivity index (χ1v) is 10.5. The number of hydrogen-bond donors (Lipinski definition) is 1. The second kappa shape index (κ2) is 7.95. The van der Waals surface area contributed by atoms with Gasteiger partial charge in [0, 0.05) is 25.7 Å². The van der Waals surface area contributed by atoms with Crippen molar-refractivity contribution >= 4 is 10.2 Å². The molecule has 1 aromatic carbocycles. The predicted octanol–water partition coefficient (Wildman–Crippen LogP) is 2.39. The molecule has 0 bridgehead atoms. The zero-order valence-electron chi connectivity index (χ0n) is 14.5. The van der Waals surface area contributed by atoms with Gasteiger partial charge in [0.25, 0.3) is 10.2 Å². The summed E-state index contributed by atoms with van der Waals surface area (Å²) in [5.74, 6) is 0.443. The van der Waals surface area contributed by atoms with Crippen molar-refractivity contribution in [1.29, 1.82) is 0 Å². The van der Waals surface area contributed by atoms with Crippen molar-refractivity contribution in [3.63, 3.8) is 0 Å². The van der Waals surface area contributed by atoms with E-state index < -0.39 is 10.2 Å². The van der Waals surface area contributed by atoms with E-state index in [1.165, 1.54) is 18.4 Å². The highest BCUT2D eigenvalue weighted by molar-refractivity contribution is 7.87. The largest absolute Gasteiger partial charge is 0.295 e. The summed E-state index contributed by atoms with van der Waals surface area (Å²) in [6.45, 7) is 5.93. The Bertz CT molecular complexity index is 614. The second-order valence-corrected chi connectivity index (χ2v) is 8.88. The molecule has 2 saturated heterocycles. The molecule has 1 aromatic rings. The van der Waals surface area contributed by atoms with Crippen LogP contribution in [0.4, 0.5) is 0 Å². The van der Waals surface area contributed by atoms with E-state index in [4.69, 9.17) is 0 Å². The van der Waals surface area contributed by atoms with E-state index in [0.717, 1.165) is 25.9 Å². The van der Waals surface area contributed by atoms with Crippen LogP contribution in [-0.4, -0.2) is 50.3 Å². The summed E-state index contributed by atoms with van der Waals surface area (Å²) in [7, 11) is -3.39. The maximum absolute atomic E-state index is 12.7. The summed E-state index contributed by atoms with van der Waals surface area (Å²) in [6.07, 6.45) is 4.46. The zero-order chi connectivity index (χ0) is 17.0. The van der Waals surface area contributed by atoms with Crippen molar-refractivity contribution in [3.05, 3.63) is 35.9 Å². The number of piperidine rings is 1. The van der Waals surface area contributed by atoms with Gasteiger partial charge >= 0.3 is 0 Å². The van der Waals surface area contributed by atoms with Crippen LogP contribution in [0.1, 0.15) is 44.2 Å². The van der Waals surface area contributed by atoms with E-state index in [1.807, 2.05) is 18.2 Å². The molecule has 5 nitrogen and oxygen atoms in total. The molecule has 0 aliphatic carbocycles. The summed E-state index contributed by atoms with van der Waals surface area (Å²) < 4.78 is 29.9. The number of nitrogens with one attached hydrogen (secondary N) is 1. The molecule has 0 aromatic heterocycles. The van der Waals surface area contributed by atoms with Gasteiger partial charge in [-0.25, -0.2) is 4.72 Å². The highest BCUT2D eigenvalue weighted by Crippen LogP contribution is 2.25. The van der Waals surface area contributed by atoms with Crippen LogP contribution >= 0.6 is 0 Å². The topological polar surface area (TPSA) is 52.7 Å². The Labute approximate surface area is 146 Å². The monoisotopic (exact) mass is 351 g/mol. The number of benzene rings is 1. The molecule has 2 heterocycles. The van der Waals surface area contributed by atoms with Gasteiger partial charge in [0.05, 0.1) is 0 Å². The number of likely N-dealkylation sites (tertiary alicyclic amines) is 1. The van der Waals surface area contributed by atoms with Crippen LogP contribution in [-0.2, 0) is 10.2 Å². The first kappa shape index (κ1) is 17.9. The van der Waals surface area contributed by atoms with Crippen molar-refractivity contribution in [1.82, 2.24) is 13.9 Å². The lowest BCUT2D eigenvalue weighted by molar-refractivity contribution is 0.241. The lowest BCUT2D eigenvalue weighted by atomic mass is 10.0. The Hall–Kier alpha value is -0.950. The average Bonchev–Trinajstić information content (AvgIpc) is 3.10. The molecule has 1 N–H and O–H groups in total. The van der Waals surface area contributed by atoms with Crippen LogP contribution in [0.2, 0.25) is 0 Å². The van der Waals surface area contributed by atoms with Gasteiger partial charge in [-0.2, -0.15) is 12.7 Å². The number of nitrogens with zero attached hydrogens (tertiary/aromatic N) is 2. The molecule has 3 rings (SSSR count). The first-order valence-electron chi connectivity index (χ1n) is 9.10. The van der Waals surface area contributed by atoms with Crippen LogP contribution in [0.25, 0.3) is 0 Å². The van der Waals surface area contributed by atoms with Gasteiger partial charge in [-0.05, 0) is 50.3 Å². The molecule has 134 valence electrons. The fraction of sp³-hybridized carbons (Fsp3) is 0.667. The summed E-state index contributed by atoms with van der Waals surface area (Å²) in [4.78, 5) is 2.40. The fourth-order valence-electron chi connectivity index (χ4n) is 3.83. The van der Waals surface area contributed by atoms with Gasteiger partial charge in [0.2, 0.25) is 0 Å². The van der Waals surface area contributed by atoms with E-state index in [-0.39, 0.29) is 6.04 Å². The van der Waals surface area contributed by atoms with Crippen LogP contribution in [0, 0.1) is 5.92 Å². The van der Waals surface area contributed by atoms with E-state index >= 15 is 0 Å². The van der Waals surface area contributed by atoms with Gasteiger partial charge in [0.1, 0.15) is 0 Å². The van der Waals surface area contributed by atoms with E-state index in [9.17, 15) is 8.42 Å². The zero-order valence-corrected chi connectivity index (χ0v) is 15.3. The molecule has 0 radical (unpaired) electrons. The van der Waals surface area contributed by atoms with Crippen LogP contribution in [0.3, 0.4) is 0 Å². The second-order valence-electron chi connectivity index (χ2n) is 7.13. The minimum atomic E-state index is -3.39. The van der Waals surface area contributed by atoms with E-state index in [0.29, 0.717) is 25.6 Å². The van der Waals surface area contributed by atoms with Gasteiger partial charge in [-0.15, -0.1) is 0 Å². The van der Waals surface area contributed by atoms with Crippen LogP contribution < -0.4 is 4.72 Å². The Morgan fingerprint density at radius 1 is 1.12 bits per heavy atom. The fourth-order valence-corrected chi connectivity index (χ4v) is 5.20. The van der Waals surface area contributed by atoms with Crippen molar-refractivity contribution in [2.24, 2.45) is 5.92 Å². The molecule has 24 heavy (non-hydrogen) atoms. The maximum Gasteiger partial charge on any atom is 0.279 e. The maximum atomic E-state index is 12.7. The minimum absolute atomic E-state index is 0.116. The standard InChI is InChI=1S/C18H29N3O2S/c1-16-8-7-13-21(15-16)24(22,23)19-14-18(20-11-5-6-12-20)17-9-3-2-4-10-17/h2-4,9-10,16,18-19H,5-8,11-15H2,1H3. The highest BCUT2D eigenvalue weighted by atomic mass is 32.2. The third kappa shape index (κ3) is 4.36. The van der Waals surface area contributed by atoms with Crippen molar-refractivity contribution in [3.8, 4) is 0 Å². The van der Waals surface area contributed by atoms with Crippen molar-refractivity contribution in [2.45, 2.75) is 38.6 Å². The summed E-state index contributed by atoms with van der Waals surface area (Å²) in [5.41, 5.74) is 1.19. The molecule has 6 heteroatoms. The summed E-state index contributed by atoms with van der Waals surface area (Å²) in [6, 6.07) is 10.4. The summed E-state index contributed by atoms with van der Waals surface area (Å²) >= 11 is 0. The molecular formula is C18H29N3O2S. The first-order chi connectivity index (χ1) is 11.6. The molecular weight excluding hydrogens is 322 g/mol. The average molecular weight is 352 g/mol. The predicted molar refractivity (Wildman–Crippen MR) is 96.9 cm³/mol. The van der Waals surface area contributed by atoms with Crippen molar-refractivity contribution in [2.75, 3.05) is 32.7 Å².